The summed E-state index contributed by atoms with van der Waals surface area (Å²) in [5, 5.41) is 9.15. The molecular formula is C14H17NO4. The third-order valence-corrected chi connectivity index (χ3v) is 3.40. The Morgan fingerprint density at radius 1 is 1.42 bits per heavy atom. The van der Waals surface area contributed by atoms with Crippen LogP contribution >= 0.6 is 0 Å². The first-order valence-electron chi connectivity index (χ1n) is 6.26. The standard InChI is InChI=1S/C14H17NO4/c1-9(14(17)18)15-12-7-6-11(19-2)8-10(12)4-3-5-13(15)16/h6-9H,3-5H2,1-2H3,(H,17,18). The average Bonchev–Trinajstić information content (AvgIpc) is 2.55. The number of anilines is 1. The Morgan fingerprint density at radius 3 is 2.79 bits per heavy atom. The normalized spacial score (nSPS) is 16.5. The van der Waals surface area contributed by atoms with E-state index in [9.17, 15) is 9.59 Å². The molecule has 0 radical (unpaired) electrons. The predicted octanol–water partition coefficient (Wildman–Crippen LogP) is 1.84. The van der Waals surface area contributed by atoms with Crippen molar-refractivity contribution < 1.29 is 19.4 Å². The highest BCUT2D eigenvalue weighted by Crippen LogP contribution is 2.31. The van der Waals surface area contributed by atoms with Crippen molar-refractivity contribution in [2.75, 3.05) is 12.0 Å². The van der Waals surface area contributed by atoms with Crippen LogP contribution in [0.2, 0.25) is 0 Å². The molecule has 1 aromatic carbocycles. The smallest absolute Gasteiger partial charge is 0.326 e. The molecule has 5 heteroatoms. The number of fused-ring (bicyclic) bond motifs is 1. The number of methoxy groups -OCH3 is 1. The zero-order valence-electron chi connectivity index (χ0n) is 11.0. The molecule has 0 saturated heterocycles. The van der Waals surface area contributed by atoms with E-state index >= 15 is 0 Å². The van der Waals surface area contributed by atoms with Crippen LogP contribution in [0.25, 0.3) is 0 Å². The van der Waals surface area contributed by atoms with Gasteiger partial charge in [0.2, 0.25) is 5.91 Å². The molecule has 5 nitrogen and oxygen atoms in total. The summed E-state index contributed by atoms with van der Waals surface area (Å²) in [6.45, 7) is 1.53. The number of carbonyl (C=O) groups excluding carboxylic acids is 1. The van der Waals surface area contributed by atoms with Gasteiger partial charge in [-0.15, -0.1) is 0 Å². The van der Waals surface area contributed by atoms with E-state index in [2.05, 4.69) is 0 Å². The third-order valence-electron chi connectivity index (χ3n) is 3.40. The van der Waals surface area contributed by atoms with E-state index in [1.165, 1.54) is 11.8 Å². The second kappa shape index (κ2) is 5.30. The van der Waals surface area contributed by atoms with Crippen molar-refractivity contribution >= 4 is 17.6 Å². The molecule has 102 valence electrons. The van der Waals surface area contributed by atoms with Crippen LogP contribution in [0, 0.1) is 0 Å². The van der Waals surface area contributed by atoms with Crippen molar-refractivity contribution in [3.63, 3.8) is 0 Å². The maximum Gasteiger partial charge on any atom is 0.326 e. The molecular weight excluding hydrogens is 246 g/mol. The molecule has 1 aliphatic heterocycles. The first-order chi connectivity index (χ1) is 9.04. The minimum atomic E-state index is -1.00. The molecule has 0 aliphatic carbocycles. The fraction of sp³-hybridized carbons (Fsp3) is 0.429. The number of aryl methyl sites for hydroxylation is 1. The number of carbonyl (C=O) groups is 2. The Labute approximate surface area is 111 Å². The Bertz CT molecular complexity index is 512. The lowest BCUT2D eigenvalue weighted by atomic mass is 10.1. The second-order valence-electron chi connectivity index (χ2n) is 4.63. The first kappa shape index (κ1) is 13.4. The number of carboxylic acid groups (broad SMARTS) is 1. The zero-order chi connectivity index (χ0) is 14.0. The number of hydrogen-bond donors (Lipinski definition) is 1. The lowest BCUT2D eigenvalue weighted by Crippen LogP contribution is -2.43. The number of amides is 1. The average molecular weight is 263 g/mol. The molecule has 1 amide bonds. The van der Waals surface area contributed by atoms with Gasteiger partial charge in [0.05, 0.1) is 7.11 Å². The largest absolute Gasteiger partial charge is 0.497 e. The Hall–Kier alpha value is -2.04. The third kappa shape index (κ3) is 2.54. The van der Waals surface area contributed by atoms with Crippen LogP contribution in [0.3, 0.4) is 0 Å². The van der Waals surface area contributed by atoms with E-state index < -0.39 is 12.0 Å². The fourth-order valence-electron chi connectivity index (χ4n) is 2.34. The minimum Gasteiger partial charge on any atom is -0.497 e. The summed E-state index contributed by atoms with van der Waals surface area (Å²) < 4.78 is 5.17. The van der Waals surface area contributed by atoms with Crippen molar-refractivity contribution in [2.24, 2.45) is 0 Å². The van der Waals surface area contributed by atoms with Gasteiger partial charge >= 0.3 is 5.97 Å². The summed E-state index contributed by atoms with van der Waals surface area (Å²) in [4.78, 5) is 24.7. The molecule has 0 spiro atoms. The lowest BCUT2D eigenvalue weighted by Gasteiger charge is -2.27. The highest BCUT2D eigenvalue weighted by molar-refractivity contribution is 6.00. The molecule has 0 fully saturated rings. The van der Waals surface area contributed by atoms with E-state index in [0.717, 1.165) is 24.2 Å². The highest BCUT2D eigenvalue weighted by Gasteiger charge is 2.30. The number of carboxylic acids is 1. The van der Waals surface area contributed by atoms with E-state index in [1.54, 1.807) is 19.2 Å². The maximum absolute atomic E-state index is 12.1. The van der Waals surface area contributed by atoms with E-state index in [-0.39, 0.29) is 5.91 Å². The van der Waals surface area contributed by atoms with Crippen LogP contribution in [0.15, 0.2) is 18.2 Å². The van der Waals surface area contributed by atoms with Gasteiger partial charge in [-0.1, -0.05) is 0 Å². The molecule has 1 heterocycles. The SMILES string of the molecule is COc1ccc2c(c1)CCCC(=O)N2C(C)C(=O)O. The molecule has 1 atom stereocenters. The van der Waals surface area contributed by atoms with Crippen LogP contribution in [-0.2, 0) is 16.0 Å². The Balaban J connectivity index is 2.48. The van der Waals surface area contributed by atoms with Gasteiger partial charge in [-0.25, -0.2) is 4.79 Å². The number of hydrogen-bond acceptors (Lipinski definition) is 3. The Kier molecular flexibility index (Phi) is 3.74. The number of aliphatic carboxylic acids is 1. The van der Waals surface area contributed by atoms with Crippen LogP contribution in [0.1, 0.15) is 25.3 Å². The molecule has 0 saturated carbocycles. The molecule has 1 N–H and O–H groups in total. The summed E-state index contributed by atoms with van der Waals surface area (Å²) >= 11 is 0. The van der Waals surface area contributed by atoms with E-state index in [0.29, 0.717) is 12.1 Å². The van der Waals surface area contributed by atoms with Gasteiger partial charge in [0.15, 0.2) is 0 Å². The summed E-state index contributed by atoms with van der Waals surface area (Å²) in [7, 11) is 1.58. The highest BCUT2D eigenvalue weighted by atomic mass is 16.5. The predicted molar refractivity (Wildman–Crippen MR) is 70.5 cm³/mol. The molecule has 1 unspecified atom stereocenters. The molecule has 19 heavy (non-hydrogen) atoms. The van der Waals surface area contributed by atoms with Crippen LogP contribution in [-0.4, -0.2) is 30.1 Å². The van der Waals surface area contributed by atoms with Gasteiger partial charge < -0.3 is 9.84 Å². The number of ether oxygens (including phenoxy) is 1. The van der Waals surface area contributed by atoms with Crippen LogP contribution < -0.4 is 9.64 Å². The zero-order valence-corrected chi connectivity index (χ0v) is 11.0. The van der Waals surface area contributed by atoms with E-state index in [4.69, 9.17) is 9.84 Å². The number of rotatable bonds is 3. The summed E-state index contributed by atoms with van der Waals surface area (Å²) in [5.41, 5.74) is 1.64. The van der Waals surface area contributed by atoms with Crippen molar-refractivity contribution in [3.05, 3.63) is 23.8 Å². The number of benzene rings is 1. The van der Waals surface area contributed by atoms with Crippen LogP contribution in [0.5, 0.6) is 5.75 Å². The van der Waals surface area contributed by atoms with Crippen molar-refractivity contribution in [3.8, 4) is 5.75 Å². The van der Waals surface area contributed by atoms with Gasteiger partial charge in [0.1, 0.15) is 11.8 Å². The van der Waals surface area contributed by atoms with Gasteiger partial charge in [0.25, 0.3) is 0 Å². The summed E-state index contributed by atoms with van der Waals surface area (Å²) in [6, 6.07) is 4.52. The summed E-state index contributed by atoms with van der Waals surface area (Å²) in [5.74, 6) is -0.424. The monoisotopic (exact) mass is 263 g/mol. The van der Waals surface area contributed by atoms with Crippen LogP contribution in [0.4, 0.5) is 5.69 Å². The molecule has 1 aliphatic rings. The number of nitrogens with zero attached hydrogens (tertiary/aromatic N) is 1. The Morgan fingerprint density at radius 2 is 2.16 bits per heavy atom. The first-order valence-corrected chi connectivity index (χ1v) is 6.26. The molecule has 1 aromatic rings. The maximum atomic E-state index is 12.1. The van der Waals surface area contributed by atoms with E-state index in [1.807, 2.05) is 6.07 Å². The lowest BCUT2D eigenvalue weighted by molar-refractivity contribution is -0.139. The van der Waals surface area contributed by atoms with Crippen molar-refractivity contribution in [1.82, 2.24) is 0 Å². The second-order valence-corrected chi connectivity index (χ2v) is 4.63. The molecule has 0 aromatic heterocycles. The topological polar surface area (TPSA) is 66.8 Å². The summed E-state index contributed by atoms with van der Waals surface area (Å²) in [6.07, 6.45) is 1.84. The minimum absolute atomic E-state index is 0.140. The van der Waals surface area contributed by atoms with Gasteiger partial charge in [-0.05, 0) is 43.5 Å². The molecule has 2 rings (SSSR count). The quantitative estimate of drug-likeness (QED) is 0.903. The van der Waals surface area contributed by atoms with Crippen molar-refractivity contribution in [1.29, 1.82) is 0 Å². The fourth-order valence-corrected chi connectivity index (χ4v) is 2.34. The van der Waals surface area contributed by atoms with Crippen molar-refractivity contribution in [2.45, 2.75) is 32.2 Å². The van der Waals surface area contributed by atoms with Gasteiger partial charge in [-0.2, -0.15) is 0 Å². The van der Waals surface area contributed by atoms with Gasteiger partial charge in [0, 0.05) is 12.1 Å². The van der Waals surface area contributed by atoms with Gasteiger partial charge in [-0.3, -0.25) is 9.69 Å². The molecule has 0 bridgehead atoms.